The van der Waals surface area contributed by atoms with Crippen molar-refractivity contribution in [3.05, 3.63) is 36.5 Å². The average molecular weight is 322 g/mol. The molecular formula is C20H34O3. The third kappa shape index (κ3) is 7.96. The van der Waals surface area contributed by atoms with Gasteiger partial charge < -0.3 is 15.3 Å². The van der Waals surface area contributed by atoms with Crippen molar-refractivity contribution in [1.82, 2.24) is 0 Å². The molecule has 0 heterocycles. The zero-order valence-corrected chi connectivity index (χ0v) is 15.3. The van der Waals surface area contributed by atoms with Crippen molar-refractivity contribution in [2.24, 2.45) is 11.8 Å². The van der Waals surface area contributed by atoms with E-state index in [2.05, 4.69) is 19.9 Å². The highest BCUT2D eigenvalue weighted by Crippen LogP contribution is 2.27. The molecule has 4 atom stereocenters. The van der Waals surface area contributed by atoms with Crippen LogP contribution in [0.2, 0.25) is 0 Å². The number of allylic oxidation sites excluding steroid dienone is 1. The van der Waals surface area contributed by atoms with Crippen LogP contribution in [0.5, 0.6) is 0 Å². The minimum atomic E-state index is -0.975. The molecule has 3 N–H and O–H groups in total. The van der Waals surface area contributed by atoms with Gasteiger partial charge in [-0.2, -0.15) is 0 Å². The van der Waals surface area contributed by atoms with Crippen LogP contribution in [0.25, 0.3) is 0 Å². The average Bonchev–Trinajstić information content (AvgIpc) is 2.35. The summed E-state index contributed by atoms with van der Waals surface area (Å²) in [6.07, 6.45) is 13.5. The van der Waals surface area contributed by atoms with Crippen LogP contribution < -0.4 is 0 Å². The van der Waals surface area contributed by atoms with E-state index < -0.39 is 16.8 Å². The van der Waals surface area contributed by atoms with Crippen LogP contribution in [0.3, 0.4) is 0 Å². The molecule has 0 aliphatic heterocycles. The zero-order chi connectivity index (χ0) is 17.7. The first-order valence-electron chi connectivity index (χ1n) is 8.64. The van der Waals surface area contributed by atoms with E-state index in [-0.39, 0.29) is 0 Å². The standard InChI is InChI=1S/C20H34O3/c1-16(2)17-8-14-19(4,22)12-6-10-18(3,21)11-7-13-20(5,23)15-9-17/h6-8,10,13-14,16-17,21-23H,9,11-12,15H2,1-5H3/b10-6+,13-7+,14-8+/t17-,18+,19-,20-/m0/s1. The summed E-state index contributed by atoms with van der Waals surface area (Å²) >= 11 is 0. The minimum absolute atomic E-state index is 0.316. The molecule has 0 aromatic rings. The lowest BCUT2D eigenvalue weighted by Crippen LogP contribution is -2.26. The second-order valence-electron chi connectivity index (χ2n) is 8.09. The van der Waals surface area contributed by atoms with Gasteiger partial charge in [0.05, 0.1) is 16.8 Å². The van der Waals surface area contributed by atoms with Gasteiger partial charge in [0.25, 0.3) is 0 Å². The number of rotatable bonds is 1. The molecule has 1 aliphatic carbocycles. The molecule has 132 valence electrons. The van der Waals surface area contributed by atoms with Gasteiger partial charge in [-0.15, -0.1) is 0 Å². The Kier molecular flexibility index (Phi) is 6.81. The molecule has 0 fully saturated rings. The molecule has 0 radical (unpaired) electrons. The Labute approximate surface area is 141 Å². The fourth-order valence-electron chi connectivity index (χ4n) is 2.76. The molecule has 0 unspecified atom stereocenters. The quantitative estimate of drug-likeness (QED) is 0.644. The van der Waals surface area contributed by atoms with Crippen molar-refractivity contribution in [3.63, 3.8) is 0 Å². The van der Waals surface area contributed by atoms with Gasteiger partial charge in [0.15, 0.2) is 0 Å². The predicted molar refractivity (Wildman–Crippen MR) is 96.1 cm³/mol. The molecule has 0 saturated heterocycles. The molecule has 0 amide bonds. The Morgan fingerprint density at radius 2 is 1.30 bits per heavy atom. The zero-order valence-electron chi connectivity index (χ0n) is 15.3. The Bertz CT molecular complexity index is 454. The summed E-state index contributed by atoms with van der Waals surface area (Å²) in [4.78, 5) is 0. The van der Waals surface area contributed by atoms with Gasteiger partial charge in [-0.05, 0) is 58.3 Å². The Morgan fingerprint density at radius 3 is 1.83 bits per heavy atom. The monoisotopic (exact) mass is 322 g/mol. The van der Waals surface area contributed by atoms with Crippen LogP contribution in [0, 0.1) is 11.8 Å². The lowest BCUT2D eigenvalue weighted by Gasteiger charge is -2.26. The van der Waals surface area contributed by atoms with Gasteiger partial charge in [-0.1, -0.05) is 50.3 Å². The summed E-state index contributed by atoms with van der Waals surface area (Å²) in [5.41, 5.74) is -2.79. The van der Waals surface area contributed by atoms with Crippen molar-refractivity contribution >= 4 is 0 Å². The third-order valence-corrected chi connectivity index (χ3v) is 4.56. The molecule has 3 nitrogen and oxygen atoms in total. The molecule has 0 spiro atoms. The van der Waals surface area contributed by atoms with Crippen LogP contribution in [-0.2, 0) is 0 Å². The van der Waals surface area contributed by atoms with E-state index in [9.17, 15) is 15.3 Å². The first-order chi connectivity index (χ1) is 10.4. The fourth-order valence-corrected chi connectivity index (χ4v) is 2.76. The normalized spacial score (nSPS) is 44.5. The van der Waals surface area contributed by atoms with E-state index in [0.717, 1.165) is 6.42 Å². The highest BCUT2D eigenvalue weighted by atomic mass is 16.3. The van der Waals surface area contributed by atoms with Crippen molar-refractivity contribution < 1.29 is 15.3 Å². The maximum absolute atomic E-state index is 10.5. The molecule has 1 rings (SSSR count). The molecule has 0 saturated carbocycles. The van der Waals surface area contributed by atoms with E-state index in [4.69, 9.17) is 0 Å². The fraction of sp³-hybridized carbons (Fsp3) is 0.700. The summed E-state index contributed by atoms with van der Waals surface area (Å²) in [5, 5.41) is 31.3. The van der Waals surface area contributed by atoms with Crippen LogP contribution in [0.15, 0.2) is 36.5 Å². The summed E-state index contributed by atoms with van der Waals surface area (Å²) in [5.74, 6) is 0.766. The minimum Gasteiger partial charge on any atom is -0.386 e. The molecule has 1 aliphatic rings. The highest BCUT2D eigenvalue weighted by Gasteiger charge is 2.23. The van der Waals surface area contributed by atoms with Crippen molar-refractivity contribution in [3.8, 4) is 0 Å². The van der Waals surface area contributed by atoms with E-state index in [0.29, 0.717) is 31.1 Å². The SMILES string of the molecule is CC(C)[C@H]1/C=C/[C@@](C)(O)C/C=C/[C@@](C)(O)C/C=C/[C@](C)(O)CC1. The largest absolute Gasteiger partial charge is 0.386 e. The van der Waals surface area contributed by atoms with Gasteiger partial charge in [0.1, 0.15) is 0 Å². The van der Waals surface area contributed by atoms with Crippen molar-refractivity contribution in [2.75, 3.05) is 0 Å². The molecule has 23 heavy (non-hydrogen) atoms. The number of hydrogen-bond donors (Lipinski definition) is 3. The Hall–Kier alpha value is -0.900. The topological polar surface area (TPSA) is 60.7 Å². The highest BCUT2D eigenvalue weighted by molar-refractivity contribution is 5.11. The molecule has 0 bridgehead atoms. The summed E-state index contributed by atoms with van der Waals surface area (Å²) in [7, 11) is 0. The molecule has 3 heteroatoms. The first-order valence-corrected chi connectivity index (χ1v) is 8.64. The lowest BCUT2D eigenvalue weighted by atomic mass is 9.84. The summed E-state index contributed by atoms with van der Waals surface area (Å²) in [6, 6.07) is 0. The van der Waals surface area contributed by atoms with Crippen LogP contribution in [-0.4, -0.2) is 32.1 Å². The second-order valence-corrected chi connectivity index (χ2v) is 8.09. The number of aliphatic hydroxyl groups is 3. The van der Waals surface area contributed by atoms with Crippen molar-refractivity contribution in [2.45, 2.75) is 77.1 Å². The van der Waals surface area contributed by atoms with Crippen molar-refractivity contribution in [1.29, 1.82) is 0 Å². The Morgan fingerprint density at radius 1 is 0.826 bits per heavy atom. The predicted octanol–water partition coefficient (Wildman–Crippen LogP) is 3.75. The van der Waals surface area contributed by atoms with E-state index in [1.54, 1.807) is 32.9 Å². The van der Waals surface area contributed by atoms with E-state index >= 15 is 0 Å². The third-order valence-electron chi connectivity index (χ3n) is 4.56. The van der Waals surface area contributed by atoms with Gasteiger partial charge in [0.2, 0.25) is 0 Å². The van der Waals surface area contributed by atoms with Crippen LogP contribution >= 0.6 is 0 Å². The second kappa shape index (κ2) is 7.78. The maximum atomic E-state index is 10.5. The molecular weight excluding hydrogens is 288 g/mol. The van der Waals surface area contributed by atoms with Crippen LogP contribution in [0.4, 0.5) is 0 Å². The van der Waals surface area contributed by atoms with Gasteiger partial charge in [-0.25, -0.2) is 0 Å². The molecule has 0 aromatic heterocycles. The van der Waals surface area contributed by atoms with E-state index in [1.165, 1.54) is 0 Å². The number of hydrogen-bond acceptors (Lipinski definition) is 3. The van der Waals surface area contributed by atoms with Crippen LogP contribution in [0.1, 0.15) is 60.3 Å². The van der Waals surface area contributed by atoms with Gasteiger partial charge in [0, 0.05) is 0 Å². The summed E-state index contributed by atoms with van der Waals surface area (Å²) < 4.78 is 0. The Balaban J connectivity index is 3.05. The first kappa shape index (κ1) is 20.1. The molecule has 0 aromatic carbocycles. The lowest BCUT2D eigenvalue weighted by molar-refractivity contribution is 0.0892. The smallest absolute Gasteiger partial charge is 0.0834 e. The van der Waals surface area contributed by atoms with Gasteiger partial charge >= 0.3 is 0 Å². The summed E-state index contributed by atoms with van der Waals surface area (Å²) in [6.45, 7) is 9.63. The van der Waals surface area contributed by atoms with Gasteiger partial charge in [-0.3, -0.25) is 0 Å². The maximum Gasteiger partial charge on any atom is 0.0834 e. The van der Waals surface area contributed by atoms with E-state index in [1.807, 2.05) is 18.2 Å².